The van der Waals surface area contributed by atoms with E-state index in [2.05, 4.69) is 0 Å². The summed E-state index contributed by atoms with van der Waals surface area (Å²) < 4.78 is 0. The van der Waals surface area contributed by atoms with Gasteiger partial charge in [0.25, 0.3) is 0 Å². The molecule has 2 aromatic rings. The number of fused-ring (bicyclic) bond motifs is 1. The van der Waals surface area contributed by atoms with Crippen molar-refractivity contribution >= 4 is 11.9 Å². The van der Waals surface area contributed by atoms with Gasteiger partial charge in [0.05, 0.1) is 5.56 Å². The smallest absolute Gasteiger partial charge is 0.336 e. The SMILES string of the molecule is CC[C@@H](C)C(=O)N1Cc2ccc(-c3ccccc3C(=O)O)cc2C1. The minimum absolute atomic E-state index is 0.0338. The van der Waals surface area contributed by atoms with Crippen molar-refractivity contribution in [3.05, 3.63) is 59.2 Å². The lowest BCUT2D eigenvalue weighted by Crippen LogP contribution is -2.30. The van der Waals surface area contributed by atoms with Crippen molar-refractivity contribution in [2.45, 2.75) is 33.4 Å². The summed E-state index contributed by atoms with van der Waals surface area (Å²) in [6.07, 6.45) is 0.836. The Labute approximate surface area is 141 Å². The molecule has 1 N–H and O–H groups in total. The Kier molecular flexibility index (Phi) is 4.38. The van der Waals surface area contributed by atoms with Gasteiger partial charge in [-0.15, -0.1) is 0 Å². The second-order valence-corrected chi connectivity index (χ2v) is 6.34. The maximum absolute atomic E-state index is 12.4. The molecule has 0 saturated heterocycles. The highest BCUT2D eigenvalue weighted by atomic mass is 16.4. The Morgan fingerprint density at radius 2 is 1.83 bits per heavy atom. The van der Waals surface area contributed by atoms with E-state index in [9.17, 15) is 14.7 Å². The molecule has 1 aliphatic heterocycles. The summed E-state index contributed by atoms with van der Waals surface area (Å²) in [5, 5.41) is 9.37. The highest BCUT2D eigenvalue weighted by molar-refractivity contribution is 5.96. The van der Waals surface area contributed by atoms with Gasteiger partial charge < -0.3 is 10.0 Å². The van der Waals surface area contributed by atoms with Crippen LogP contribution in [0.15, 0.2) is 42.5 Å². The summed E-state index contributed by atoms with van der Waals surface area (Å²) in [5.41, 5.74) is 4.12. The monoisotopic (exact) mass is 323 g/mol. The lowest BCUT2D eigenvalue weighted by Gasteiger charge is -2.19. The summed E-state index contributed by atoms with van der Waals surface area (Å²) in [4.78, 5) is 25.7. The largest absolute Gasteiger partial charge is 0.478 e. The van der Waals surface area contributed by atoms with Gasteiger partial charge >= 0.3 is 5.97 Å². The third-order valence-electron chi connectivity index (χ3n) is 4.74. The van der Waals surface area contributed by atoms with E-state index in [-0.39, 0.29) is 11.8 Å². The van der Waals surface area contributed by atoms with Crippen molar-refractivity contribution in [1.29, 1.82) is 0 Å². The first kappa shape index (κ1) is 16.2. The molecule has 2 aromatic carbocycles. The van der Waals surface area contributed by atoms with Crippen LogP contribution in [0.25, 0.3) is 11.1 Å². The topological polar surface area (TPSA) is 57.6 Å². The van der Waals surface area contributed by atoms with Gasteiger partial charge in [0.1, 0.15) is 0 Å². The van der Waals surface area contributed by atoms with Crippen LogP contribution in [0.5, 0.6) is 0 Å². The molecule has 0 radical (unpaired) electrons. The van der Waals surface area contributed by atoms with Gasteiger partial charge in [-0.25, -0.2) is 4.79 Å². The van der Waals surface area contributed by atoms with Crippen molar-refractivity contribution in [3.63, 3.8) is 0 Å². The summed E-state index contributed by atoms with van der Waals surface area (Å²) in [7, 11) is 0. The molecular weight excluding hydrogens is 302 g/mol. The molecule has 4 heteroatoms. The number of hydrogen-bond acceptors (Lipinski definition) is 2. The molecule has 0 aliphatic carbocycles. The van der Waals surface area contributed by atoms with E-state index in [4.69, 9.17) is 0 Å². The number of benzene rings is 2. The summed E-state index contributed by atoms with van der Waals surface area (Å²) in [6.45, 7) is 5.22. The van der Waals surface area contributed by atoms with Gasteiger partial charge in [0.15, 0.2) is 0 Å². The van der Waals surface area contributed by atoms with Gasteiger partial charge in [-0.1, -0.05) is 44.2 Å². The molecule has 0 spiro atoms. The Morgan fingerprint density at radius 3 is 2.54 bits per heavy atom. The van der Waals surface area contributed by atoms with Crippen LogP contribution >= 0.6 is 0 Å². The molecule has 1 atom stereocenters. The van der Waals surface area contributed by atoms with E-state index in [1.807, 2.05) is 49.1 Å². The zero-order valence-corrected chi connectivity index (χ0v) is 14.0. The first-order chi connectivity index (χ1) is 11.5. The number of carboxylic acid groups (broad SMARTS) is 1. The van der Waals surface area contributed by atoms with Crippen LogP contribution in [0, 0.1) is 5.92 Å². The van der Waals surface area contributed by atoms with Crippen LogP contribution in [-0.2, 0) is 17.9 Å². The highest BCUT2D eigenvalue weighted by Crippen LogP contribution is 2.31. The highest BCUT2D eigenvalue weighted by Gasteiger charge is 2.26. The minimum Gasteiger partial charge on any atom is -0.478 e. The third kappa shape index (κ3) is 2.92. The molecule has 3 rings (SSSR count). The van der Waals surface area contributed by atoms with E-state index in [0.29, 0.717) is 24.2 Å². The third-order valence-corrected chi connectivity index (χ3v) is 4.74. The normalized spacial score (nSPS) is 14.3. The maximum Gasteiger partial charge on any atom is 0.336 e. The van der Waals surface area contributed by atoms with Crippen molar-refractivity contribution in [1.82, 2.24) is 4.90 Å². The summed E-state index contributed by atoms with van der Waals surface area (Å²) in [6, 6.07) is 13.0. The zero-order chi connectivity index (χ0) is 17.3. The molecule has 0 saturated carbocycles. The molecule has 124 valence electrons. The fraction of sp³-hybridized carbons (Fsp3) is 0.300. The minimum atomic E-state index is -0.931. The molecule has 0 unspecified atom stereocenters. The Balaban J connectivity index is 1.91. The summed E-state index contributed by atoms with van der Waals surface area (Å²) in [5.74, 6) is -0.715. The predicted molar refractivity (Wildman–Crippen MR) is 92.5 cm³/mol. The van der Waals surface area contributed by atoms with Gasteiger partial charge in [-0.05, 0) is 40.8 Å². The van der Waals surface area contributed by atoms with Crippen LogP contribution < -0.4 is 0 Å². The fourth-order valence-electron chi connectivity index (χ4n) is 3.13. The molecule has 24 heavy (non-hydrogen) atoms. The second kappa shape index (κ2) is 6.48. The number of amides is 1. The molecule has 4 nitrogen and oxygen atoms in total. The van der Waals surface area contributed by atoms with E-state index >= 15 is 0 Å². The first-order valence-corrected chi connectivity index (χ1v) is 8.24. The Hall–Kier alpha value is -2.62. The number of aromatic carboxylic acids is 1. The van der Waals surface area contributed by atoms with Gasteiger partial charge in [0, 0.05) is 19.0 Å². The van der Waals surface area contributed by atoms with E-state index in [1.165, 1.54) is 0 Å². The van der Waals surface area contributed by atoms with E-state index < -0.39 is 5.97 Å². The number of carbonyl (C=O) groups excluding carboxylic acids is 1. The van der Waals surface area contributed by atoms with Gasteiger partial charge in [0.2, 0.25) is 5.91 Å². The lowest BCUT2D eigenvalue weighted by molar-refractivity contribution is -0.135. The number of hydrogen-bond donors (Lipinski definition) is 1. The molecular formula is C20H21NO3. The maximum atomic E-state index is 12.4. The van der Waals surface area contributed by atoms with Crippen molar-refractivity contribution in [2.24, 2.45) is 5.92 Å². The van der Waals surface area contributed by atoms with E-state index in [1.54, 1.807) is 12.1 Å². The van der Waals surface area contributed by atoms with Crippen molar-refractivity contribution < 1.29 is 14.7 Å². The molecule has 0 aromatic heterocycles. The van der Waals surface area contributed by atoms with Crippen LogP contribution in [-0.4, -0.2) is 21.9 Å². The number of nitrogens with zero attached hydrogens (tertiary/aromatic N) is 1. The number of carbonyl (C=O) groups is 2. The Morgan fingerprint density at radius 1 is 1.12 bits per heavy atom. The van der Waals surface area contributed by atoms with Crippen molar-refractivity contribution in [3.8, 4) is 11.1 Å². The van der Waals surface area contributed by atoms with Crippen molar-refractivity contribution in [2.75, 3.05) is 0 Å². The standard InChI is InChI=1S/C20H21NO3/c1-3-13(2)19(22)21-11-15-9-8-14(10-16(15)12-21)17-6-4-5-7-18(17)20(23)24/h4-10,13H,3,11-12H2,1-2H3,(H,23,24)/t13-/m1/s1. The molecule has 1 amide bonds. The first-order valence-electron chi connectivity index (χ1n) is 8.24. The molecule has 1 heterocycles. The van der Waals surface area contributed by atoms with Crippen LogP contribution in [0.2, 0.25) is 0 Å². The van der Waals surface area contributed by atoms with Crippen LogP contribution in [0.4, 0.5) is 0 Å². The molecule has 0 bridgehead atoms. The molecule has 1 aliphatic rings. The summed E-state index contributed by atoms with van der Waals surface area (Å²) >= 11 is 0. The van der Waals surface area contributed by atoms with Crippen LogP contribution in [0.1, 0.15) is 41.8 Å². The molecule has 0 fully saturated rings. The van der Waals surface area contributed by atoms with Gasteiger partial charge in [-0.3, -0.25) is 4.79 Å². The van der Waals surface area contributed by atoms with E-state index in [0.717, 1.165) is 23.1 Å². The average molecular weight is 323 g/mol. The second-order valence-electron chi connectivity index (χ2n) is 6.34. The lowest BCUT2D eigenvalue weighted by atomic mass is 9.97. The Bertz CT molecular complexity index is 797. The zero-order valence-electron chi connectivity index (χ0n) is 14.0. The number of rotatable bonds is 4. The predicted octanol–water partition coefficient (Wildman–Crippen LogP) is 3.94. The average Bonchev–Trinajstić information content (AvgIpc) is 3.03. The number of carboxylic acids is 1. The fourth-order valence-corrected chi connectivity index (χ4v) is 3.13. The van der Waals surface area contributed by atoms with Gasteiger partial charge in [-0.2, -0.15) is 0 Å². The quantitative estimate of drug-likeness (QED) is 0.927. The van der Waals surface area contributed by atoms with Crippen LogP contribution in [0.3, 0.4) is 0 Å².